The molecule has 6 heteroatoms. The van der Waals surface area contributed by atoms with E-state index in [0.29, 0.717) is 6.61 Å². The summed E-state index contributed by atoms with van der Waals surface area (Å²) >= 11 is 0. The van der Waals surface area contributed by atoms with E-state index in [1.807, 2.05) is 6.92 Å². The molecule has 0 amide bonds. The zero-order valence-electron chi connectivity index (χ0n) is 12.2. The molecule has 0 aromatic rings. The van der Waals surface area contributed by atoms with Gasteiger partial charge in [0, 0.05) is 0 Å². The second kappa shape index (κ2) is 4.65. The molecule has 2 aliphatic heterocycles. The van der Waals surface area contributed by atoms with Crippen molar-refractivity contribution < 1.29 is 29.2 Å². The fourth-order valence-electron chi connectivity index (χ4n) is 2.81. The van der Waals surface area contributed by atoms with Crippen molar-refractivity contribution in [2.75, 3.05) is 13.2 Å². The summed E-state index contributed by atoms with van der Waals surface area (Å²) in [6.45, 7) is 8.92. The number of ether oxygens (including phenoxy) is 4. The Morgan fingerprint density at radius 3 is 2.32 bits per heavy atom. The third-order valence-electron chi connectivity index (χ3n) is 3.63. The molecule has 2 saturated heterocycles. The van der Waals surface area contributed by atoms with Crippen molar-refractivity contribution in [3.05, 3.63) is 0 Å². The Morgan fingerprint density at radius 1 is 1.11 bits per heavy atom. The highest BCUT2D eigenvalue weighted by atomic mass is 16.8. The molecule has 0 bridgehead atoms. The van der Waals surface area contributed by atoms with Crippen LogP contribution in [0, 0.1) is 0 Å². The maximum Gasteiger partial charge on any atom is 0.164 e. The van der Waals surface area contributed by atoms with Crippen molar-refractivity contribution in [2.24, 2.45) is 0 Å². The van der Waals surface area contributed by atoms with Crippen LogP contribution in [0.5, 0.6) is 0 Å². The molecule has 0 spiro atoms. The first-order valence-electron chi connectivity index (χ1n) is 6.58. The van der Waals surface area contributed by atoms with Crippen molar-refractivity contribution in [1.29, 1.82) is 0 Å². The van der Waals surface area contributed by atoms with Crippen molar-refractivity contribution in [3.8, 4) is 0 Å². The molecule has 0 aromatic carbocycles. The van der Waals surface area contributed by atoms with Gasteiger partial charge in [-0.05, 0) is 34.6 Å². The Bertz CT molecular complexity index is 342. The summed E-state index contributed by atoms with van der Waals surface area (Å²) in [6, 6.07) is 0. The first kappa shape index (κ1) is 15.2. The lowest BCUT2D eigenvalue weighted by Crippen LogP contribution is -2.71. The largest absolute Gasteiger partial charge is 0.394 e. The fraction of sp³-hybridized carbons (Fsp3) is 1.00. The monoisotopic (exact) mass is 276 g/mol. The fourth-order valence-corrected chi connectivity index (χ4v) is 2.81. The minimum Gasteiger partial charge on any atom is -0.394 e. The molecular weight excluding hydrogens is 252 g/mol. The summed E-state index contributed by atoms with van der Waals surface area (Å²) in [5, 5.41) is 19.3. The normalized spacial score (nSPS) is 42.5. The Kier molecular flexibility index (Phi) is 3.71. The van der Waals surface area contributed by atoms with Crippen LogP contribution in [0.2, 0.25) is 0 Å². The Hall–Kier alpha value is -0.240. The number of aliphatic hydroxyl groups is 2. The first-order chi connectivity index (χ1) is 8.60. The van der Waals surface area contributed by atoms with Gasteiger partial charge in [0.2, 0.25) is 0 Å². The van der Waals surface area contributed by atoms with E-state index in [4.69, 9.17) is 18.9 Å². The molecule has 112 valence electrons. The van der Waals surface area contributed by atoms with E-state index in [-0.39, 0.29) is 6.10 Å². The quantitative estimate of drug-likeness (QED) is 0.760. The van der Waals surface area contributed by atoms with Crippen LogP contribution < -0.4 is 0 Å². The summed E-state index contributed by atoms with van der Waals surface area (Å²) in [5.41, 5.74) is -0.876. The SMILES string of the molecule is CC1(C)O[C@@H]2COC(C)(C)O[C@]2(C)[C@H]([C@H](O)CO)O1. The number of fused-ring (bicyclic) bond motifs is 1. The van der Waals surface area contributed by atoms with Crippen molar-refractivity contribution >= 4 is 0 Å². The zero-order chi connectivity index (χ0) is 14.5. The van der Waals surface area contributed by atoms with Gasteiger partial charge in [-0.15, -0.1) is 0 Å². The minimum atomic E-state index is -1.04. The van der Waals surface area contributed by atoms with Gasteiger partial charge in [0.05, 0.1) is 13.2 Å². The van der Waals surface area contributed by atoms with E-state index in [1.165, 1.54) is 0 Å². The van der Waals surface area contributed by atoms with Crippen LogP contribution in [0.4, 0.5) is 0 Å². The number of aliphatic hydroxyl groups excluding tert-OH is 2. The van der Waals surface area contributed by atoms with Gasteiger partial charge in [0.15, 0.2) is 11.6 Å². The van der Waals surface area contributed by atoms with Gasteiger partial charge in [-0.1, -0.05) is 0 Å². The van der Waals surface area contributed by atoms with Crippen molar-refractivity contribution in [3.63, 3.8) is 0 Å². The molecule has 6 nitrogen and oxygen atoms in total. The zero-order valence-corrected chi connectivity index (χ0v) is 12.2. The van der Waals surface area contributed by atoms with E-state index in [9.17, 15) is 10.2 Å². The summed E-state index contributed by atoms with van der Waals surface area (Å²) < 4.78 is 23.2. The molecule has 2 heterocycles. The third-order valence-corrected chi connectivity index (χ3v) is 3.63. The highest BCUT2D eigenvalue weighted by molar-refractivity contribution is 5.03. The first-order valence-corrected chi connectivity index (χ1v) is 6.58. The van der Waals surface area contributed by atoms with E-state index < -0.39 is 36.0 Å². The molecule has 0 radical (unpaired) electrons. The average Bonchev–Trinajstić information content (AvgIpc) is 2.27. The van der Waals surface area contributed by atoms with E-state index in [2.05, 4.69) is 0 Å². The average molecular weight is 276 g/mol. The molecule has 4 atom stereocenters. The Balaban J connectivity index is 2.32. The lowest BCUT2D eigenvalue weighted by Gasteiger charge is -2.57. The maximum absolute atomic E-state index is 10.0. The summed E-state index contributed by atoms with van der Waals surface area (Å²) in [4.78, 5) is 0. The van der Waals surface area contributed by atoms with Crippen molar-refractivity contribution in [2.45, 2.75) is 70.1 Å². The van der Waals surface area contributed by atoms with Gasteiger partial charge in [-0.25, -0.2) is 0 Å². The van der Waals surface area contributed by atoms with E-state index in [0.717, 1.165) is 0 Å². The topological polar surface area (TPSA) is 77.4 Å². The van der Waals surface area contributed by atoms with Crippen LogP contribution >= 0.6 is 0 Å². The molecule has 2 N–H and O–H groups in total. The molecule has 2 aliphatic rings. The number of hydrogen-bond acceptors (Lipinski definition) is 6. The molecule has 19 heavy (non-hydrogen) atoms. The standard InChI is InChI=1S/C13H24O6/c1-11(2)16-7-9-13(5,19-11)10(8(15)6-14)18-12(3,4)17-9/h8-10,14-15H,6-7H2,1-5H3/t8-,9-,10+,13+/m1/s1. The Morgan fingerprint density at radius 2 is 1.74 bits per heavy atom. The lowest BCUT2D eigenvalue weighted by molar-refractivity contribution is -0.445. The van der Waals surface area contributed by atoms with E-state index in [1.54, 1.807) is 27.7 Å². The van der Waals surface area contributed by atoms with Crippen LogP contribution in [0.3, 0.4) is 0 Å². The molecule has 2 rings (SSSR count). The molecule has 2 fully saturated rings. The smallest absolute Gasteiger partial charge is 0.164 e. The number of hydrogen-bond donors (Lipinski definition) is 2. The van der Waals surface area contributed by atoms with Crippen LogP contribution in [0.25, 0.3) is 0 Å². The van der Waals surface area contributed by atoms with Crippen LogP contribution in [-0.4, -0.2) is 58.9 Å². The molecule has 0 aliphatic carbocycles. The van der Waals surface area contributed by atoms with Crippen LogP contribution in [-0.2, 0) is 18.9 Å². The van der Waals surface area contributed by atoms with Crippen LogP contribution in [0.1, 0.15) is 34.6 Å². The molecule has 0 aromatic heterocycles. The summed E-state index contributed by atoms with van der Waals surface area (Å²) in [6.07, 6.45) is -2.09. The predicted octanol–water partition coefficient (Wildman–Crippen LogP) is 0.401. The lowest BCUT2D eigenvalue weighted by atomic mass is 9.85. The summed E-state index contributed by atoms with van der Waals surface area (Å²) in [7, 11) is 0. The Labute approximate surface area is 113 Å². The van der Waals surface area contributed by atoms with Gasteiger partial charge < -0.3 is 29.2 Å². The predicted molar refractivity (Wildman–Crippen MR) is 66.4 cm³/mol. The second-order valence-electron chi connectivity index (χ2n) is 6.29. The molecule has 0 saturated carbocycles. The third kappa shape index (κ3) is 2.79. The number of rotatable bonds is 2. The van der Waals surface area contributed by atoms with Gasteiger partial charge in [0.25, 0.3) is 0 Å². The van der Waals surface area contributed by atoms with Gasteiger partial charge >= 0.3 is 0 Å². The van der Waals surface area contributed by atoms with Gasteiger partial charge in [-0.3, -0.25) is 0 Å². The van der Waals surface area contributed by atoms with Crippen LogP contribution in [0.15, 0.2) is 0 Å². The van der Waals surface area contributed by atoms with Gasteiger partial charge in [-0.2, -0.15) is 0 Å². The summed E-state index contributed by atoms with van der Waals surface area (Å²) in [5.74, 6) is -1.65. The highest BCUT2D eigenvalue weighted by Gasteiger charge is 2.59. The maximum atomic E-state index is 10.0. The molecular formula is C13H24O6. The minimum absolute atomic E-state index is 0.352. The molecule has 0 unspecified atom stereocenters. The van der Waals surface area contributed by atoms with E-state index >= 15 is 0 Å². The highest BCUT2D eigenvalue weighted by Crippen LogP contribution is 2.43. The van der Waals surface area contributed by atoms with Gasteiger partial charge in [0.1, 0.15) is 23.9 Å². The van der Waals surface area contributed by atoms with Crippen molar-refractivity contribution in [1.82, 2.24) is 0 Å². The second-order valence-corrected chi connectivity index (χ2v) is 6.29.